The van der Waals surface area contributed by atoms with Crippen molar-refractivity contribution in [3.63, 3.8) is 0 Å². The Hall–Kier alpha value is -0.940. The molecule has 0 unspecified atom stereocenters. The number of carbonyl (C=O) groups excluding carboxylic acids is 1. The van der Waals surface area contributed by atoms with Crippen molar-refractivity contribution < 1.29 is 14.0 Å². The van der Waals surface area contributed by atoms with Crippen LogP contribution in [-0.4, -0.2) is 12.0 Å². The lowest BCUT2D eigenvalue weighted by molar-refractivity contribution is -0.0000650. The Kier molecular flexibility index (Phi) is 4.23. The molecule has 1 aromatic rings. The van der Waals surface area contributed by atoms with Gasteiger partial charge in [0.1, 0.15) is 5.82 Å². The molecule has 0 atom stereocenters. The lowest BCUT2D eigenvalue weighted by atomic mass is 10.2. The second-order valence-electron chi connectivity index (χ2n) is 3.22. The largest absolute Gasteiger partial charge is 0.277 e. The van der Waals surface area contributed by atoms with E-state index in [-0.39, 0.29) is 11.7 Å². The average Bonchev–Trinajstić information content (AvgIpc) is 2.14. The van der Waals surface area contributed by atoms with Crippen molar-refractivity contribution in [3.8, 4) is 0 Å². The normalized spacial score (nSPS) is 10.5. The highest BCUT2D eigenvalue weighted by atomic mass is 79.9. The maximum atomic E-state index is 13.3. The third-order valence-corrected chi connectivity index (χ3v) is 2.06. The van der Waals surface area contributed by atoms with E-state index in [1.54, 1.807) is 19.9 Å². The molecule has 0 saturated carbocycles. The fourth-order valence-corrected chi connectivity index (χ4v) is 1.23. The van der Waals surface area contributed by atoms with Crippen LogP contribution in [0.3, 0.4) is 0 Å². The van der Waals surface area contributed by atoms with Gasteiger partial charge in [0.15, 0.2) is 0 Å². The van der Waals surface area contributed by atoms with Gasteiger partial charge in [-0.1, -0.05) is 15.9 Å². The zero-order valence-electron chi connectivity index (χ0n) is 8.38. The van der Waals surface area contributed by atoms with Crippen molar-refractivity contribution in [3.05, 3.63) is 34.1 Å². The smallest absolute Gasteiger partial charge is 0.271 e. The summed E-state index contributed by atoms with van der Waals surface area (Å²) in [5.41, 5.74) is 2.12. The van der Waals surface area contributed by atoms with Crippen molar-refractivity contribution in [1.82, 2.24) is 5.48 Å². The molecule has 0 aliphatic carbocycles. The molecule has 1 amide bonds. The molecule has 0 aliphatic rings. The number of carbonyl (C=O) groups is 1. The van der Waals surface area contributed by atoms with E-state index in [9.17, 15) is 9.18 Å². The summed E-state index contributed by atoms with van der Waals surface area (Å²) in [5, 5.41) is 0. The van der Waals surface area contributed by atoms with E-state index in [1.165, 1.54) is 12.1 Å². The maximum absolute atomic E-state index is 13.3. The number of amides is 1. The zero-order chi connectivity index (χ0) is 11.4. The highest BCUT2D eigenvalue weighted by molar-refractivity contribution is 9.10. The third-order valence-electron chi connectivity index (χ3n) is 1.56. The summed E-state index contributed by atoms with van der Waals surface area (Å²) >= 11 is 3.10. The fraction of sp³-hybridized carbons (Fsp3) is 0.300. The lowest BCUT2D eigenvalue weighted by Gasteiger charge is -2.08. The van der Waals surface area contributed by atoms with Gasteiger partial charge in [0, 0.05) is 4.47 Å². The van der Waals surface area contributed by atoms with Gasteiger partial charge in [-0.05, 0) is 32.0 Å². The van der Waals surface area contributed by atoms with E-state index in [0.717, 1.165) is 0 Å². The van der Waals surface area contributed by atoms with Crippen LogP contribution in [0.5, 0.6) is 0 Å². The van der Waals surface area contributed by atoms with Crippen LogP contribution >= 0.6 is 15.9 Å². The first-order valence-corrected chi connectivity index (χ1v) is 5.21. The van der Waals surface area contributed by atoms with Crippen LogP contribution in [0.15, 0.2) is 22.7 Å². The molecule has 0 aliphatic heterocycles. The minimum absolute atomic E-state index is 0.0427. The van der Waals surface area contributed by atoms with Crippen LogP contribution < -0.4 is 5.48 Å². The third kappa shape index (κ3) is 3.60. The van der Waals surface area contributed by atoms with Gasteiger partial charge in [-0.25, -0.2) is 9.87 Å². The van der Waals surface area contributed by atoms with Crippen LogP contribution in [0.1, 0.15) is 24.2 Å². The Balaban J connectivity index is 2.74. The van der Waals surface area contributed by atoms with Crippen molar-refractivity contribution >= 4 is 21.8 Å². The minimum atomic E-state index is -0.589. The van der Waals surface area contributed by atoms with Crippen molar-refractivity contribution in [2.75, 3.05) is 0 Å². The molecule has 0 radical (unpaired) electrons. The monoisotopic (exact) mass is 275 g/mol. The number of hydrogen-bond acceptors (Lipinski definition) is 2. The van der Waals surface area contributed by atoms with Crippen molar-refractivity contribution in [2.45, 2.75) is 20.0 Å². The highest BCUT2D eigenvalue weighted by Gasteiger charge is 2.12. The molecule has 0 spiro atoms. The van der Waals surface area contributed by atoms with E-state index in [1.807, 2.05) is 0 Å². The number of benzene rings is 1. The highest BCUT2D eigenvalue weighted by Crippen LogP contribution is 2.15. The van der Waals surface area contributed by atoms with Gasteiger partial charge in [0.25, 0.3) is 5.91 Å². The molecule has 1 N–H and O–H groups in total. The van der Waals surface area contributed by atoms with E-state index >= 15 is 0 Å². The predicted octanol–water partition coefficient (Wildman–Crippen LogP) is 2.66. The first-order chi connectivity index (χ1) is 7.00. The number of hydrogen-bond donors (Lipinski definition) is 1. The summed E-state index contributed by atoms with van der Waals surface area (Å²) in [4.78, 5) is 16.3. The van der Waals surface area contributed by atoms with Gasteiger partial charge in [-0.2, -0.15) is 0 Å². The molecule has 0 fully saturated rings. The van der Waals surface area contributed by atoms with Crippen molar-refractivity contribution in [1.29, 1.82) is 0 Å². The van der Waals surface area contributed by atoms with Crippen LogP contribution in [-0.2, 0) is 4.84 Å². The number of rotatable bonds is 3. The summed E-state index contributed by atoms with van der Waals surface area (Å²) < 4.78 is 13.9. The topological polar surface area (TPSA) is 38.3 Å². The minimum Gasteiger partial charge on any atom is -0.271 e. The Morgan fingerprint density at radius 1 is 1.53 bits per heavy atom. The molecule has 5 heteroatoms. The quantitative estimate of drug-likeness (QED) is 0.862. The van der Waals surface area contributed by atoms with Crippen LogP contribution in [0.25, 0.3) is 0 Å². The van der Waals surface area contributed by atoms with Gasteiger partial charge in [0.2, 0.25) is 0 Å². The van der Waals surface area contributed by atoms with Gasteiger partial charge in [0.05, 0.1) is 11.7 Å². The Bertz CT molecular complexity index is 368. The summed E-state index contributed by atoms with van der Waals surface area (Å²) in [7, 11) is 0. The average molecular weight is 276 g/mol. The van der Waals surface area contributed by atoms with Crippen molar-refractivity contribution in [2.24, 2.45) is 0 Å². The molecule has 0 saturated heterocycles. The molecule has 1 aromatic carbocycles. The number of hydroxylamine groups is 1. The SMILES string of the molecule is CC(C)ONC(=O)c1ccc(Br)cc1F. The summed E-state index contributed by atoms with van der Waals surface area (Å²) in [6.07, 6.45) is -0.146. The molecule has 3 nitrogen and oxygen atoms in total. The molecule has 82 valence electrons. The second-order valence-corrected chi connectivity index (χ2v) is 4.14. The summed E-state index contributed by atoms with van der Waals surface area (Å²) in [6, 6.07) is 4.20. The van der Waals surface area contributed by atoms with E-state index in [0.29, 0.717) is 4.47 Å². The zero-order valence-corrected chi connectivity index (χ0v) is 9.97. The number of nitrogens with one attached hydrogen (secondary N) is 1. The molecule has 0 heterocycles. The van der Waals surface area contributed by atoms with Gasteiger partial charge >= 0.3 is 0 Å². The molecule has 1 rings (SSSR count). The second kappa shape index (κ2) is 5.23. The predicted molar refractivity (Wildman–Crippen MR) is 57.8 cm³/mol. The van der Waals surface area contributed by atoms with Gasteiger partial charge in [-0.3, -0.25) is 9.63 Å². The summed E-state index contributed by atoms with van der Waals surface area (Å²) in [6.45, 7) is 3.52. The Labute approximate surface area is 95.7 Å². The maximum Gasteiger partial charge on any atom is 0.277 e. The van der Waals surface area contributed by atoms with Gasteiger partial charge < -0.3 is 0 Å². The van der Waals surface area contributed by atoms with Crippen LogP contribution in [0, 0.1) is 5.82 Å². The summed E-state index contributed by atoms with van der Waals surface area (Å²) in [5.74, 6) is -1.18. The van der Waals surface area contributed by atoms with Crippen LogP contribution in [0.2, 0.25) is 0 Å². The molecule has 0 aromatic heterocycles. The first kappa shape index (κ1) is 12.1. The fourth-order valence-electron chi connectivity index (χ4n) is 0.900. The molecular formula is C10H11BrFNO2. The lowest BCUT2D eigenvalue weighted by Crippen LogP contribution is -2.27. The van der Waals surface area contributed by atoms with E-state index in [2.05, 4.69) is 21.4 Å². The van der Waals surface area contributed by atoms with Crippen LogP contribution in [0.4, 0.5) is 4.39 Å². The first-order valence-electron chi connectivity index (χ1n) is 4.41. The standard InChI is InChI=1S/C10H11BrFNO2/c1-6(2)15-13-10(14)8-4-3-7(11)5-9(8)12/h3-6H,1-2H3,(H,13,14). The Morgan fingerprint density at radius 3 is 2.73 bits per heavy atom. The number of halogens is 2. The van der Waals surface area contributed by atoms with E-state index in [4.69, 9.17) is 4.84 Å². The molecule has 0 bridgehead atoms. The van der Waals surface area contributed by atoms with Gasteiger partial charge in [-0.15, -0.1) is 0 Å². The molecular weight excluding hydrogens is 265 g/mol. The molecule has 15 heavy (non-hydrogen) atoms. The van der Waals surface area contributed by atoms with E-state index < -0.39 is 11.7 Å². The Morgan fingerprint density at radius 2 is 2.20 bits per heavy atom.